The van der Waals surface area contributed by atoms with Crippen LogP contribution in [0.4, 0.5) is 5.13 Å². The first kappa shape index (κ1) is 17.7. The molecule has 1 aliphatic rings. The summed E-state index contributed by atoms with van der Waals surface area (Å²) in [5.41, 5.74) is 0.937. The molecule has 9 heteroatoms. The molecule has 1 saturated heterocycles. The summed E-state index contributed by atoms with van der Waals surface area (Å²) in [4.78, 5) is 26.5. The number of hydrogen-bond acceptors (Lipinski definition) is 7. The molecule has 0 unspecified atom stereocenters. The number of aromatic nitrogens is 2. The molecular weight excluding hydrogens is 376 g/mol. The quantitative estimate of drug-likeness (QED) is 0.625. The van der Waals surface area contributed by atoms with Crippen LogP contribution in [-0.4, -0.2) is 37.8 Å². The van der Waals surface area contributed by atoms with Crippen molar-refractivity contribution < 1.29 is 9.59 Å². The van der Waals surface area contributed by atoms with Gasteiger partial charge in [-0.15, -0.1) is 10.2 Å². The molecule has 0 aliphatic carbocycles. The van der Waals surface area contributed by atoms with Crippen LogP contribution in [0.2, 0.25) is 0 Å². The summed E-state index contributed by atoms with van der Waals surface area (Å²) < 4.78 is 0.465. The molecule has 6 nitrogen and oxygen atoms in total. The standard InChI is InChI=1S/C16H14N4O2S3/c1-10-18-19-15(24-10)17-13(21)7-8-20-14(22)12(25-16(20)23)9-11-5-3-2-4-6-11/h2-6,9H,7-8H2,1H3,(H,17,19,21)/b12-9+. The molecule has 1 fully saturated rings. The molecule has 25 heavy (non-hydrogen) atoms. The highest BCUT2D eigenvalue weighted by Crippen LogP contribution is 2.32. The molecule has 1 aromatic heterocycles. The summed E-state index contributed by atoms with van der Waals surface area (Å²) in [6.07, 6.45) is 1.95. The van der Waals surface area contributed by atoms with Crippen LogP contribution in [0.5, 0.6) is 0 Å². The monoisotopic (exact) mass is 390 g/mol. The Morgan fingerprint density at radius 2 is 2.08 bits per heavy atom. The summed E-state index contributed by atoms with van der Waals surface area (Å²) in [6.45, 7) is 2.05. The largest absolute Gasteiger partial charge is 0.300 e. The lowest BCUT2D eigenvalue weighted by molar-refractivity contribution is -0.122. The van der Waals surface area contributed by atoms with Gasteiger partial charge in [0.1, 0.15) is 9.33 Å². The number of rotatable bonds is 5. The normalized spacial score (nSPS) is 15.9. The average molecular weight is 391 g/mol. The van der Waals surface area contributed by atoms with Gasteiger partial charge in [0.25, 0.3) is 5.91 Å². The number of anilines is 1. The SMILES string of the molecule is Cc1nnc(NC(=O)CCN2C(=O)/C(=C\c3ccccc3)SC2=S)s1. The van der Waals surface area contributed by atoms with E-state index in [-0.39, 0.29) is 24.8 Å². The van der Waals surface area contributed by atoms with Gasteiger partial charge in [0.2, 0.25) is 11.0 Å². The molecule has 2 heterocycles. The number of carbonyl (C=O) groups excluding carboxylic acids is 2. The third-order valence-corrected chi connectivity index (χ3v) is 5.44. The van der Waals surface area contributed by atoms with Crippen LogP contribution in [0.25, 0.3) is 6.08 Å². The number of aryl methyl sites for hydroxylation is 1. The highest BCUT2D eigenvalue weighted by Gasteiger charge is 2.32. The van der Waals surface area contributed by atoms with Crippen molar-refractivity contribution in [2.75, 3.05) is 11.9 Å². The highest BCUT2D eigenvalue weighted by atomic mass is 32.2. The van der Waals surface area contributed by atoms with Crippen LogP contribution >= 0.6 is 35.3 Å². The Hall–Kier alpha value is -2.10. The van der Waals surface area contributed by atoms with Crippen LogP contribution < -0.4 is 5.32 Å². The molecule has 1 aromatic carbocycles. The van der Waals surface area contributed by atoms with Crippen LogP contribution in [-0.2, 0) is 9.59 Å². The summed E-state index contributed by atoms with van der Waals surface area (Å²) in [7, 11) is 0. The first-order chi connectivity index (χ1) is 12.0. The number of hydrogen-bond donors (Lipinski definition) is 1. The first-order valence-electron chi connectivity index (χ1n) is 7.43. The second kappa shape index (κ2) is 7.85. The van der Waals surface area contributed by atoms with Crippen molar-refractivity contribution in [1.82, 2.24) is 15.1 Å². The fraction of sp³-hybridized carbons (Fsp3) is 0.188. The number of nitrogens with zero attached hydrogens (tertiary/aromatic N) is 3. The molecule has 0 radical (unpaired) electrons. The number of nitrogens with one attached hydrogen (secondary N) is 1. The molecule has 2 amide bonds. The molecule has 0 atom stereocenters. The van der Waals surface area contributed by atoms with Crippen molar-refractivity contribution in [3.8, 4) is 0 Å². The van der Waals surface area contributed by atoms with Crippen LogP contribution in [0.15, 0.2) is 35.2 Å². The Kier molecular flexibility index (Phi) is 5.57. The smallest absolute Gasteiger partial charge is 0.266 e. The van der Waals surface area contributed by atoms with Gasteiger partial charge in [-0.25, -0.2) is 0 Å². The highest BCUT2D eigenvalue weighted by molar-refractivity contribution is 8.26. The topological polar surface area (TPSA) is 75.2 Å². The van der Waals surface area contributed by atoms with E-state index >= 15 is 0 Å². The van der Waals surface area contributed by atoms with Crippen molar-refractivity contribution in [3.63, 3.8) is 0 Å². The lowest BCUT2D eigenvalue weighted by atomic mass is 10.2. The lowest BCUT2D eigenvalue weighted by Gasteiger charge is -2.13. The molecule has 3 rings (SSSR count). The summed E-state index contributed by atoms with van der Waals surface area (Å²) in [6, 6.07) is 9.58. The predicted octanol–water partition coefficient (Wildman–Crippen LogP) is 3.08. The van der Waals surface area contributed by atoms with Gasteiger partial charge >= 0.3 is 0 Å². The van der Waals surface area contributed by atoms with E-state index in [1.165, 1.54) is 28.0 Å². The molecule has 1 N–H and O–H groups in total. The average Bonchev–Trinajstić information content (AvgIpc) is 3.10. The van der Waals surface area contributed by atoms with Crippen molar-refractivity contribution in [3.05, 3.63) is 45.8 Å². The minimum atomic E-state index is -0.225. The maximum absolute atomic E-state index is 12.5. The third-order valence-electron chi connectivity index (χ3n) is 3.31. The maximum atomic E-state index is 12.5. The molecule has 128 valence electrons. The number of amides is 2. The summed E-state index contributed by atoms with van der Waals surface area (Å²) in [5, 5.41) is 11.6. The van der Waals surface area contributed by atoms with Gasteiger partial charge in [0.15, 0.2) is 0 Å². The van der Waals surface area contributed by atoms with E-state index in [1.54, 1.807) is 0 Å². The Balaban J connectivity index is 1.59. The van der Waals surface area contributed by atoms with E-state index in [2.05, 4.69) is 15.5 Å². The van der Waals surface area contributed by atoms with Crippen LogP contribution in [0, 0.1) is 6.92 Å². The molecule has 0 saturated carbocycles. The van der Waals surface area contributed by atoms with E-state index < -0.39 is 0 Å². The Morgan fingerprint density at radius 3 is 2.76 bits per heavy atom. The third kappa shape index (κ3) is 4.50. The van der Waals surface area contributed by atoms with Gasteiger partial charge in [-0.05, 0) is 18.6 Å². The van der Waals surface area contributed by atoms with E-state index in [1.807, 2.05) is 43.3 Å². The van der Waals surface area contributed by atoms with Gasteiger partial charge in [-0.1, -0.05) is 65.6 Å². The zero-order chi connectivity index (χ0) is 17.8. The second-order valence-electron chi connectivity index (χ2n) is 5.17. The molecule has 1 aliphatic heterocycles. The van der Waals surface area contributed by atoms with Crippen molar-refractivity contribution in [1.29, 1.82) is 0 Å². The maximum Gasteiger partial charge on any atom is 0.266 e. The Bertz CT molecular complexity index is 848. The molecule has 0 spiro atoms. The Labute approximate surface area is 158 Å². The van der Waals surface area contributed by atoms with E-state index in [0.29, 0.717) is 14.4 Å². The number of carbonyl (C=O) groups is 2. The van der Waals surface area contributed by atoms with Crippen LogP contribution in [0.1, 0.15) is 17.0 Å². The zero-order valence-electron chi connectivity index (χ0n) is 13.3. The van der Waals surface area contributed by atoms with E-state index in [4.69, 9.17) is 12.2 Å². The number of benzene rings is 1. The van der Waals surface area contributed by atoms with Crippen LogP contribution in [0.3, 0.4) is 0 Å². The van der Waals surface area contributed by atoms with Gasteiger partial charge in [-0.3, -0.25) is 14.5 Å². The minimum absolute atomic E-state index is 0.143. The first-order valence-corrected chi connectivity index (χ1v) is 9.47. The zero-order valence-corrected chi connectivity index (χ0v) is 15.7. The fourth-order valence-corrected chi connectivity index (χ4v) is 4.05. The van der Waals surface area contributed by atoms with Gasteiger partial charge in [0.05, 0.1) is 4.91 Å². The fourth-order valence-electron chi connectivity index (χ4n) is 2.14. The second-order valence-corrected chi connectivity index (χ2v) is 8.03. The minimum Gasteiger partial charge on any atom is -0.300 e. The molecular formula is C16H14N4O2S3. The van der Waals surface area contributed by atoms with Gasteiger partial charge in [0, 0.05) is 13.0 Å². The van der Waals surface area contributed by atoms with Gasteiger partial charge in [-0.2, -0.15) is 0 Å². The van der Waals surface area contributed by atoms with Gasteiger partial charge < -0.3 is 5.32 Å². The summed E-state index contributed by atoms with van der Waals surface area (Å²) >= 11 is 7.83. The number of thioether (sulfide) groups is 1. The predicted molar refractivity (Wildman–Crippen MR) is 104 cm³/mol. The molecule has 2 aromatic rings. The van der Waals surface area contributed by atoms with E-state index in [0.717, 1.165) is 10.6 Å². The lowest BCUT2D eigenvalue weighted by Crippen LogP contribution is -2.31. The van der Waals surface area contributed by atoms with E-state index in [9.17, 15) is 9.59 Å². The summed E-state index contributed by atoms with van der Waals surface area (Å²) in [5.74, 6) is -0.393. The van der Waals surface area contributed by atoms with Crippen molar-refractivity contribution in [2.24, 2.45) is 0 Å². The van der Waals surface area contributed by atoms with Crippen molar-refractivity contribution in [2.45, 2.75) is 13.3 Å². The Morgan fingerprint density at radius 1 is 1.32 bits per heavy atom. The molecule has 0 bridgehead atoms. The number of thiocarbonyl (C=S) groups is 1. The van der Waals surface area contributed by atoms with Crippen molar-refractivity contribution >= 4 is 62.7 Å².